The van der Waals surface area contributed by atoms with Gasteiger partial charge in [0.25, 0.3) is 5.91 Å². The van der Waals surface area contributed by atoms with Crippen molar-refractivity contribution in [3.05, 3.63) is 48.4 Å². The summed E-state index contributed by atoms with van der Waals surface area (Å²) in [5.41, 5.74) is 0.971. The lowest BCUT2D eigenvalue weighted by Crippen LogP contribution is -2.41. The van der Waals surface area contributed by atoms with Gasteiger partial charge >= 0.3 is 0 Å². The van der Waals surface area contributed by atoms with E-state index >= 15 is 0 Å². The highest BCUT2D eigenvalue weighted by Gasteiger charge is 2.18. The van der Waals surface area contributed by atoms with Crippen LogP contribution in [-0.4, -0.2) is 37.2 Å². The molecule has 0 spiro atoms. The van der Waals surface area contributed by atoms with Gasteiger partial charge in [-0.25, -0.2) is 0 Å². The third-order valence-corrected chi connectivity index (χ3v) is 4.09. The lowest BCUT2D eigenvalue weighted by molar-refractivity contribution is -0.117. The minimum Gasteiger partial charge on any atom is -0.491 e. The summed E-state index contributed by atoms with van der Waals surface area (Å²) in [4.78, 5) is 24.2. The molecule has 0 saturated carbocycles. The molecule has 0 radical (unpaired) electrons. The predicted octanol–water partition coefficient (Wildman–Crippen LogP) is 2.59. The maximum Gasteiger partial charge on any atom is 0.255 e. The Kier molecular flexibility index (Phi) is 5.91. The molecule has 26 heavy (non-hydrogen) atoms. The van der Waals surface area contributed by atoms with Crippen LogP contribution in [0.5, 0.6) is 5.75 Å². The van der Waals surface area contributed by atoms with Crippen LogP contribution in [0.3, 0.4) is 0 Å². The van der Waals surface area contributed by atoms with Crippen molar-refractivity contribution < 1.29 is 23.5 Å². The van der Waals surface area contributed by atoms with Crippen LogP contribution in [-0.2, 0) is 9.53 Å². The Balaban J connectivity index is 1.51. The highest BCUT2D eigenvalue weighted by atomic mass is 16.5. The van der Waals surface area contributed by atoms with Crippen LogP contribution in [0.1, 0.15) is 30.1 Å². The average molecular weight is 358 g/mol. The van der Waals surface area contributed by atoms with Gasteiger partial charge in [-0.15, -0.1) is 0 Å². The van der Waals surface area contributed by atoms with Crippen LogP contribution >= 0.6 is 0 Å². The Morgan fingerprint density at radius 1 is 1.35 bits per heavy atom. The smallest absolute Gasteiger partial charge is 0.255 e. The molecular formula is C19H22N2O5. The van der Waals surface area contributed by atoms with E-state index in [1.54, 1.807) is 25.1 Å². The van der Waals surface area contributed by atoms with Gasteiger partial charge < -0.3 is 24.5 Å². The maximum absolute atomic E-state index is 12.3. The zero-order valence-corrected chi connectivity index (χ0v) is 14.6. The molecule has 1 aliphatic rings. The van der Waals surface area contributed by atoms with Crippen molar-refractivity contribution in [3.63, 3.8) is 0 Å². The molecule has 1 aliphatic heterocycles. The molecule has 0 unspecified atom stereocenters. The fraction of sp³-hybridized carbons (Fsp3) is 0.368. The van der Waals surface area contributed by atoms with Crippen LogP contribution in [0.4, 0.5) is 5.69 Å². The topological polar surface area (TPSA) is 89.8 Å². The van der Waals surface area contributed by atoms with Gasteiger partial charge in [-0.1, -0.05) is 6.07 Å². The molecule has 7 heteroatoms. The van der Waals surface area contributed by atoms with E-state index in [0.717, 1.165) is 19.4 Å². The first-order valence-corrected chi connectivity index (χ1v) is 8.60. The van der Waals surface area contributed by atoms with E-state index in [4.69, 9.17) is 13.9 Å². The highest BCUT2D eigenvalue weighted by molar-refractivity contribution is 6.00. The SMILES string of the molecule is C[C@@H](NC(=O)c1ccoc1)C(=O)Nc1cccc(OC[C@@H]2CCCO2)c1. The largest absolute Gasteiger partial charge is 0.491 e. The number of hydrogen-bond acceptors (Lipinski definition) is 5. The van der Waals surface area contributed by atoms with E-state index < -0.39 is 6.04 Å². The number of benzene rings is 1. The number of furan rings is 1. The molecule has 0 bridgehead atoms. The third kappa shape index (κ3) is 4.86. The fourth-order valence-electron chi connectivity index (χ4n) is 2.62. The second-order valence-corrected chi connectivity index (χ2v) is 6.17. The second-order valence-electron chi connectivity index (χ2n) is 6.17. The quantitative estimate of drug-likeness (QED) is 0.794. The highest BCUT2D eigenvalue weighted by Crippen LogP contribution is 2.20. The summed E-state index contributed by atoms with van der Waals surface area (Å²) in [6.45, 7) is 2.90. The number of amides is 2. The molecule has 2 heterocycles. The summed E-state index contributed by atoms with van der Waals surface area (Å²) in [5, 5.41) is 5.39. The second kappa shape index (κ2) is 8.53. The summed E-state index contributed by atoms with van der Waals surface area (Å²) in [6.07, 6.45) is 4.93. The molecule has 2 aromatic rings. The Morgan fingerprint density at radius 2 is 2.23 bits per heavy atom. The normalized spacial score (nSPS) is 17.5. The van der Waals surface area contributed by atoms with Crippen LogP contribution in [0, 0.1) is 0 Å². The van der Waals surface area contributed by atoms with Crippen molar-refractivity contribution in [2.75, 3.05) is 18.5 Å². The Hall–Kier alpha value is -2.80. The first kappa shape index (κ1) is 18.0. The molecule has 138 valence electrons. The van der Waals surface area contributed by atoms with E-state index in [1.165, 1.54) is 18.6 Å². The zero-order chi connectivity index (χ0) is 18.4. The standard InChI is InChI=1S/C19H22N2O5/c1-13(20-19(23)14-7-9-24-11-14)18(22)21-15-4-2-5-16(10-15)26-12-17-6-3-8-25-17/h2,4-5,7,9-11,13,17H,3,6,8,12H2,1H3,(H,20,23)(H,21,22)/t13-,17+/m1/s1. The van der Waals surface area contributed by atoms with Gasteiger partial charge in [-0.05, 0) is 38.0 Å². The summed E-state index contributed by atoms with van der Waals surface area (Å²) in [6, 6.07) is 7.98. The number of rotatable bonds is 7. The van der Waals surface area contributed by atoms with Crippen molar-refractivity contribution >= 4 is 17.5 Å². The Labute approximate surface area is 151 Å². The van der Waals surface area contributed by atoms with Crippen molar-refractivity contribution in [2.45, 2.75) is 31.9 Å². The van der Waals surface area contributed by atoms with E-state index in [9.17, 15) is 9.59 Å². The molecule has 1 aromatic heterocycles. The Bertz CT molecular complexity index is 738. The molecule has 1 fully saturated rings. The fourth-order valence-corrected chi connectivity index (χ4v) is 2.62. The monoisotopic (exact) mass is 358 g/mol. The van der Waals surface area contributed by atoms with Crippen LogP contribution in [0.25, 0.3) is 0 Å². The van der Waals surface area contributed by atoms with Gasteiger partial charge in [0.05, 0.1) is 17.9 Å². The Morgan fingerprint density at radius 3 is 2.96 bits per heavy atom. The molecule has 2 amide bonds. The van der Waals surface area contributed by atoms with Crippen molar-refractivity contribution in [1.82, 2.24) is 5.32 Å². The molecular weight excluding hydrogens is 336 g/mol. The van der Waals surface area contributed by atoms with Crippen molar-refractivity contribution in [3.8, 4) is 5.75 Å². The zero-order valence-electron chi connectivity index (χ0n) is 14.6. The maximum atomic E-state index is 12.3. The van der Waals surface area contributed by atoms with E-state index in [2.05, 4.69) is 10.6 Å². The molecule has 1 saturated heterocycles. The lowest BCUT2D eigenvalue weighted by atomic mass is 10.2. The predicted molar refractivity (Wildman–Crippen MR) is 95.2 cm³/mol. The number of carbonyl (C=O) groups excluding carboxylic acids is 2. The third-order valence-electron chi connectivity index (χ3n) is 4.09. The van der Waals surface area contributed by atoms with Crippen LogP contribution < -0.4 is 15.4 Å². The summed E-state index contributed by atoms with van der Waals surface area (Å²) in [7, 11) is 0. The number of ether oxygens (including phenoxy) is 2. The van der Waals surface area contributed by atoms with E-state index in [1.807, 2.05) is 6.07 Å². The molecule has 0 aliphatic carbocycles. The van der Waals surface area contributed by atoms with E-state index in [-0.39, 0.29) is 17.9 Å². The van der Waals surface area contributed by atoms with Crippen molar-refractivity contribution in [1.29, 1.82) is 0 Å². The number of hydrogen-bond donors (Lipinski definition) is 2. The van der Waals surface area contributed by atoms with Gasteiger partial charge in [0, 0.05) is 18.4 Å². The van der Waals surface area contributed by atoms with Gasteiger partial charge in [0.1, 0.15) is 24.7 Å². The van der Waals surface area contributed by atoms with Gasteiger partial charge in [0.15, 0.2) is 0 Å². The number of nitrogens with one attached hydrogen (secondary N) is 2. The molecule has 7 nitrogen and oxygen atoms in total. The molecule has 1 aromatic carbocycles. The average Bonchev–Trinajstić information content (AvgIpc) is 3.34. The molecule has 2 atom stereocenters. The number of carbonyl (C=O) groups is 2. The van der Waals surface area contributed by atoms with Crippen molar-refractivity contribution in [2.24, 2.45) is 0 Å². The number of anilines is 1. The minimum absolute atomic E-state index is 0.131. The summed E-state index contributed by atoms with van der Waals surface area (Å²) < 4.78 is 16.1. The molecule has 3 rings (SSSR count). The van der Waals surface area contributed by atoms with Crippen LogP contribution in [0.15, 0.2) is 47.3 Å². The van der Waals surface area contributed by atoms with E-state index in [0.29, 0.717) is 23.6 Å². The first-order valence-electron chi connectivity index (χ1n) is 8.60. The van der Waals surface area contributed by atoms with Gasteiger partial charge in [0.2, 0.25) is 5.91 Å². The van der Waals surface area contributed by atoms with Gasteiger partial charge in [-0.3, -0.25) is 9.59 Å². The lowest BCUT2D eigenvalue weighted by Gasteiger charge is -2.15. The summed E-state index contributed by atoms with van der Waals surface area (Å²) in [5.74, 6) is -0.0263. The van der Waals surface area contributed by atoms with Gasteiger partial charge in [-0.2, -0.15) is 0 Å². The first-order chi connectivity index (χ1) is 12.6. The minimum atomic E-state index is -0.700. The molecule has 2 N–H and O–H groups in total. The van der Waals surface area contributed by atoms with Crippen LogP contribution in [0.2, 0.25) is 0 Å². The summed E-state index contributed by atoms with van der Waals surface area (Å²) >= 11 is 0.